The van der Waals surface area contributed by atoms with Crippen LogP contribution >= 0.6 is 0 Å². The number of likely N-dealkylation sites (N-methyl/N-ethyl adjacent to an activating group) is 1. The van der Waals surface area contributed by atoms with E-state index in [1.54, 1.807) is 12.1 Å². The summed E-state index contributed by atoms with van der Waals surface area (Å²) in [5.41, 5.74) is 7.78. The normalized spacial score (nSPS) is 18.6. The van der Waals surface area contributed by atoms with Crippen LogP contribution in [0, 0.1) is 6.92 Å². The number of nitrogens with zero attached hydrogens (tertiary/aromatic N) is 3. The zero-order chi connectivity index (χ0) is 22.0. The Morgan fingerprint density at radius 2 is 1.84 bits per heavy atom. The molecule has 3 N–H and O–H groups in total. The van der Waals surface area contributed by atoms with Gasteiger partial charge in [-0.1, -0.05) is 12.1 Å². The molecule has 2 aliphatic rings. The van der Waals surface area contributed by atoms with E-state index in [9.17, 15) is 14.7 Å². The van der Waals surface area contributed by atoms with E-state index in [2.05, 4.69) is 27.9 Å². The molecule has 1 saturated heterocycles. The van der Waals surface area contributed by atoms with Crippen LogP contribution in [0.5, 0.6) is 5.75 Å². The molecule has 1 fully saturated rings. The lowest BCUT2D eigenvalue weighted by atomic mass is 9.93. The number of carbonyl (C=O) groups is 2. The fourth-order valence-corrected chi connectivity index (χ4v) is 3.95. The summed E-state index contributed by atoms with van der Waals surface area (Å²) in [6.45, 7) is 5.13. The molecule has 9 nitrogen and oxygen atoms in total. The molecule has 0 atom stereocenters. The molecular weight excluding hydrogens is 398 g/mol. The summed E-state index contributed by atoms with van der Waals surface area (Å²) in [6.07, 6.45) is 2.18. The number of benzene rings is 1. The van der Waals surface area contributed by atoms with Crippen LogP contribution in [0.2, 0.25) is 0 Å². The second kappa shape index (κ2) is 8.91. The molecule has 1 aromatic heterocycles. The summed E-state index contributed by atoms with van der Waals surface area (Å²) in [7, 11) is 2.06. The van der Waals surface area contributed by atoms with Crippen LogP contribution in [0.25, 0.3) is 0 Å². The molecule has 2 heterocycles. The molecule has 0 radical (unpaired) electrons. The van der Waals surface area contributed by atoms with Gasteiger partial charge in [-0.3, -0.25) is 15.0 Å². The third-order valence-corrected chi connectivity index (χ3v) is 5.74. The topological polar surface area (TPSA) is 110 Å². The number of hydrogen-bond donors (Lipinski definition) is 3. The Bertz CT molecular complexity index is 1020. The quantitative estimate of drug-likeness (QED) is 0.643. The minimum absolute atomic E-state index is 0.105. The van der Waals surface area contributed by atoms with Crippen molar-refractivity contribution in [1.82, 2.24) is 20.8 Å². The highest BCUT2D eigenvalue weighted by Crippen LogP contribution is 2.30. The average molecular weight is 425 g/mol. The highest BCUT2D eigenvalue weighted by molar-refractivity contribution is 6.07. The largest absolute Gasteiger partial charge is 0.507 e. The van der Waals surface area contributed by atoms with E-state index in [1.165, 1.54) is 12.1 Å². The second-order valence-corrected chi connectivity index (χ2v) is 7.96. The number of aryl methyl sites for hydroxylation is 1. The van der Waals surface area contributed by atoms with Crippen molar-refractivity contribution in [3.8, 4) is 5.75 Å². The number of hydrogen-bond acceptors (Lipinski definition) is 7. The van der Waals surface area contributed by atoms with Gasteiger partial charge in [0.1, 0.15) is 11.5 Å². The smallest absolute Gasteiger partial charge is 0.301 e. The van der Waals surface area contributed by atoms with Crippen LogP contribution in [0.15, 0.2) is 33.8 Å². The molecule has 1 aliphatic carbocycles. The lowest BCUT2D eigenvalue weighted by Gasteiger charge is -2.32. The van der Waals surface area contributed by atoms with Gasteiger partial charge in [0, 0.05) is 43.7 Å². The molecule has 1 aromatic carbocycles. The zero-order valence-electron chi connectivity index (χ0n) is 17.8. The van der Waals surface area contributed by atoms with Gasteiger partial charge in [-0.05, 0) is 38.9 Å². The number of fused-ring (bicyclic) bond motifs is 1. The zero-order valence-corrected chi connectivity index (χ0v) is 17.8. The first-order valence-corrected chi connectivity index (χ1v) is 10.5. The molecule has 4 rings (SSSR count). The number of amides is 2. The van der Waals surface area contributed by atoms with Gasteiger partial charge in [-0.25, -0.2) is 10.4 Å². The van der Waals surface area contributed by atoms with Gasteiger partial charge in [-0.15, -0.1) is 0 Å². The third-order valence-electron chi connectivity index (χ3n) is 5.74. The molecule has 0 unspecified atom stereocenters. The Morgan fingerprint density at radius 3 is 2.58 bits per heavy atom. The minimum Gasteiger partial charge on any atom is -0.507 e. The van der Waals surface area contributed by atoms with Crippen molar-refractivity contribution in [3.63, 3.8) is 0 Å². The van der Waals surface area contributed by atoms with E-state index in [1.807, 2.05) is 11.9 Å². The molecule has 1 aliphatic heterocycles. The number of hydrazine groups is 1. The first-order chi connectivity index (χ1) is 14.9. The molecule has 2 amide bonds. The average Bonchev–Trinajstić information content (AvgIpc) is 3.11. The Morgan fingerprint density at radius 1 is 1.10 bits per heavy atom. The third kappa shape index (κ3) is 4.47. The Hall–Kier alpha value is -3.17. The Balaban J connectivity index is 1.51. The molecule has 2 aromatic rings. The molecule has 0 bridgehead atoms. The van der Waals surface area contributed by atoms with E-state index in [4.69, 9.17) is 4.42 Å². The number of furan rings is 1. The molecule has 9 heteroatoms. The number of phenols is 1. The van der Waals surface area contributed by atoms with Gasteiger partial charge in [0.15, 0.2) is 5.76 Å². The van der Waals surface area contributed by atoms with Crippen molar-refractivity contribution in [2.45, 2.75) is 26.2 Å². The summed E-state index contributed by atoms with van der Waals surface area (Å²) in [4.78, 5) is 27.4. The number of phenolic OH excluding ortho intramolecular Hbond substituents is 1. The van der Waals surface area contributed by atoms with Crippen molar-refractivity contribution in [2.75, 3.05) is 33.2 Å². The highest BCUT2D eigenvalue weighted by Gasteiger charge is 2.29. The standard InChI is InChI=1S/C22H27N5O4/c1-14-19-16(23-24-21(29)15-6-3-4-8-17(15)28)7-5-9-18(19)31-20(14)22(30)25-27-12-10-26(2)11-13-27/h3-4,6,8,28H,5,7,9-13H2,1-2H3,(H,24,29)(H,25,30)/b23-16+. The number of para-hydroxylation sites is 1. The van der Waals surface area contributed by atoms with Gasteiger partial charge in [-0.2, -0.15) is 5.10 Å². The molecule has 0 spiro atoms. The minimum atomic E-state index is -0.494. The van der Waals surface area contributed by atoms with Gasteiger partial charge >= 0.3 is 5.91 Å². The van der Waals surface area contributed by atoms with Gasteiger partial charge < -0.3 is 14.4 Å². The summed E-state index contributed by atoms with van der Waals surface area (Å²) in [6, 6.07) is 6.30. The van der Waals surface area contributed by atoms with Crippen LogP contribution in [0.3, 0.4) is 0 Å². The fraction of sp³-hybridized carbons (Fsp3) is 0.409. The van der Waals surface area contributed by atoms with Gasteiger partial charge in [0.05, 0.1) is 11.3 Å². The summed E-state index contributed by atoms with van der Waals surface area (Å²) in [5, 5.41) is 16.1. The van der Waals surface area contributed by atoms with Crippen LogP contribution in [-0.2, 0) is 6.42 Å². The van der Waals surface area contributed by atoms with E-state index in [0.717, 1.165) is 43.7 Å². The number of piperazine rings is 1. The van der Waals surface area contributed by atoms with Crippen molar-refractivity contribution in [1.29, 1.82) is 0 Å². The van der Waals surface area contributed by atoms with E-state index < -0.39 is 5.91 Å². The van der Waals surface area contributed by atoms with E-state index in [-0.39, 0.29) is 23.0 Å². The van der Waals surface area contributed by atoms with Crippen LogP contribution in [0.4, 0.5) is 0 Å². The van der Waals surface area contributed by atoms with Crippen LogP contribution in [-0.4, -0.2) is 65.8 Å². The maximum absolute atomic E-state index is 12.8. The molecule has 31 heavy (non-hydrogen) atoms. The SMILES string of the molecule is Cc1c(C(=O)NN2CCN(C)CC2)oc2c1/C(=N/NC(=O)c1ccccc1O)CCC2. The maximum atomic E-state index is 12.8. The van der Waals surface area contributed by atoms with E-state index >= 15 is 0 Å². The fourth-order valence-electron chi connectivity index (χ4n) is 3.95. The highest BCUT2D eigenvalue weighted by atomic mass is 16.4. The van der Waals surface area contributed by atoms with Gasteiger partial charge in [0.2, 0.25) is 0 Å². The van der Waals surface area contributed by atoms with Crippen LogP contribution < -0.4 is 10.9 Å². The first-order valence-electron chi connectivity index (χ1n) is 10.5. The van der Waals surface area contributed by atoms with Crippen molar-refractivity contribution >= 4 is 17.5 Å². The molecular formula is C22H27N5O4. The number of nitrogens with one attached hydrogen (secondary N) is 2. The van der Waals surface area contributed by atoms with E-state index in [0.29, 0.717) is 24.3 Å². The molecule has 164 valence electrons. The maximum Gasteiger partial charge on any atom is 0.301 e. The summed E-state index contributed by atoms with van der Waals surface area (Å²) in [5.74, 6) is 0.126. The second-order valence-electron chi connectivity index (χ2n) is 7.96. The lowest BCUT2D eigenvalue weighted by molar-refractivity contribution is 0.0634. The number of aromatic hydroxyl groups is 1. The summed E-state index contributed by atoms with van der Waals surface area (Å²) >= 11 is 0. The Kier molecular flexibility index (Phi) is 6.06. The van der Waals surface area contributed by atoms with Gasteiger partial charge in [0.25, 0.3) is 5.91 Å². The Labute approximate surface area is 180 Å². The predicted octanol–water partition coefficient (Wildman–Crippen LogP) is 1.66. The first kappa shape index (κ1) is 21.1. The number of hydrazone groups is 1. The summed E-state index contributed by atoms with van der Waals surface area (Å²) < 4.78 is 5.92. The van der Waals surface area contributed by atoms with Crippen molar-refractivity contribution in [3.05, 3.63) is 52.5 Å². The van der Waals surface area contributed by atoms with Crippen molar-refractivity contribution in [2.24, 2.45) is 5.10 Å². The monoisotopic (exact) mass is 425 g/mol. The number of rotatable bonds is 4. The predicted molar refractivity (Wildman–Crippen MR) is 115 cm³/mol. The molecule has 0 saturated carbocycles. The number of carbonyl (C=O) groups excluding carboxylic acids is 2. The van der Waals surface area contributed by atoms with Crippen LogP contribution in [0.1, 0.15) is 50.6 Å². The van der Waals surface area contributed by atoms with Crippen molar-refractivity contribution < 1.29 is 19.1 Å². The lowest BCUT2D eigenvalue weighted by Crippen LogP contribution is -2.52.